The number of esters is 2. The number of rotatable bonds is 2. The molecule has 2 saturated carbocycles. The Morgan fingerprint density at radius 3 is 2.05 bits per heavy atom. The summed E-state index contributed by atoms with van der Waals surface area (Å²) in [6.07, 6.45) is -0.0712. The van der Waals surface area contributed by atoms with E-state index < -0.39 is 57.0 Å². The third-order valence-corrected chi connectivity index (χ3v) is 11.2. The molecule has 5 aliphatic rings. The fraction of sp³-hybridized carbons (Fsp3) is 0.724. The van der Waals surface area contributed by atoms with Crippen molar-refractivity contribution in [2.24, 2.45) is 33.5 Å². The number of ether oxygens (including phenoxy) is 2. The van der Waals surface area contributed by atoms with E-state index in [1.807, 2.05) is 20.8 Å². The van der Waals surface area contributed by atoms with Crippen molar-refractivity contribution in [2.75, 3.05) is 0 Å². The molecule has 0 radical (unpaired) electrons. The van der Waals surface area contributed by atoms with Gasteiger partial charge in [0.05, 0.1) is 5.41 Å². The molecule has 5 rings (SSSR count). The Morgan fingerprint density at radius 2 is 1.49 bits per heavy atom. The number of carbonyl (C=O) groups excluding carboxylic acids is 6. The van der Waals surface area contributed by atoms with Crippen LogP contribution in [0.15, 0.2) is 11.1 Å². The minimum Gasteiger partial charge on any atom is -0.459 e. The first kappa shape index (κ1) is 26.0. The quantitative estimate of drug-likeness (QED) is 0.516. The third kappa shape index (κ3) is 2.96. The van der Waals surface area contributed by atoms with Crippen LogP contribution in [0.2, 0.25) is 0 Å². The lowest BCUT2D eigenvalue weighted by Crippen LogP contribution is -2.65. The summed E-state index contributed by atoms with van der Waals surface area (Å²) in [5, 5.41) is 0. The number of ketones is 4. The number of allylic oxidation sites excluding steroid dienone is 1. The molecule has 37 heavy (non-hydrogen) atoms. The summed E-state index contributed by atoms with van der Waals surface area (Å²) in [5.41, 5.74) is -4.95. The molecule has 0 aromatic carbocycles. The lowest BCUT2D eigenvalue weighted by Gasteiger charge is -2.60. The second kappa shape index (κ2) is 7.48. The van der Waals surface area contributed by atoms with Gasteiger partial charge in [0.15, 0.2) is 11.9 Å². The number of hydrogen-bond donors (Lipinski definition) is 0. The van der Waals surface area contributed by atoms with Gasteiger partial charge in [-0.3, -0.25) is 28.8 Å². The molecule has 1 saturated heterocycles. The molecule has 0 spiro atoms. The van der Waals surface area contributed by atoms with E-state index in [1.165, 1.54) is 6.92 Å². The molecule has 8 nitrogen and oxygen atoms in total. The maximum Gasteiger partial charge on any atom is 0.306 e. The average molecular weight is 513 g/mol. The summed E-state index contributed by atoms with van der Waals surface area (Å²) >= 11 is 0. The van der Waals surface area contributed by atoms with Crippen LogP contribution < -0.4 is 0 Å². The van der Waals surface area contributed by atoms with E-state index in [9.17, 15) is 28.8 Å². The van der Waals surface area contributed by atoms with E-state index in [1.54, 1.807) is 20.8 Å². The highest BCUT2D eigenvalue weighted by Crippen LogP contribution is 2.71. The number of carbonyl (C=O) groups is 6. The van der Waals surface area contributed by atoms with Gasteiger partial charge in [-0.15, -0.1) is 0 Å². The van der Waals surface area contributed by atoms with Crippen LogP contribution in [0.5, 0.6) is 0 Å². The zero-order valence-electron chi connectivity index (χ0n) is 22.7. The summed E-state index contributed by atoms with van der Waals surface area (Å²) < 4.78 is 11.5. The van der Waals surface area contributed by atoms with E-state index in [4.69, 9.17) is 9.47 Å². The molecule has 7 atom stereocenters. The van der Waals surface area contributed by atoms with Gasteiger partial charge in [0, 0.05) is 65.9 Å². The van der Waals surface area contributed by atoms with Gasteiger partial charge in [-0.2, -0.15) is 0 Å². The predicted molar refractivity (Wildman–Crippen MR) is 130 cm³/mol. The van der Waals surface area contributed by atoms with Crippen LogP contribution >= 0.6 is 0 Å². The van der Waals surface area contributed by atoms with E-state index in [-0.39, 0.29) is 60.1 Å². The molecule has 8 heteroatoms. The number of hydrogen-bond acceptors (Lipinski definition) is 8. The molecule has 1 heterocycles. The van der Waals surface area contributed by atoms with Crippen molar-refractivity contribution in [1.29, 1.82) is 0 Å². The minimum atomic E-state index is -1.42. The molecule has 3 fully saturated rings. The Bertz CT molecular complexity index is 1220. The van der Waals surface area contributed by atoms with Crippen molar-refractivity contribution >= 4 is 35.1 Å². The van der Waals surface area contributed by atoms with E-state index in [2.05, 4.69) is 0 Å². The monoisotopic (exact) mass is 512 g/mol. The maximum absolute atomic E-state index is 14.5. The predicted octanol–water partition coefficient (Wildman–Crippen LogP) is 3.48. The zero-order valence-corrected chi connectivity index (χ0v) is 22.7. The fourth-order valence-corrected chi connectivity index (χ4v) is 8.94. The normalized spacial score (nSPS) is 44.8. The standard InChI is InChI=1S/C29H36O8/c1-14(30)36-24-23(35)22-21(15(31)12-16-25(2,3)18(32)8-10-26(16,22)4)29(7)19(33)13-17(28(24,29)6)27(5)11-9-20(34)37-27/h16-17,24H,8-13H2,1-7H3/t16-,17+,24+,26-,27-,28-,29-/m0/s1. The van der Waals surface area contributed by atoms with Crippen LogP contribution in [-0.4, -0.2) is 46.8 Å². The highest BCUT2D eigenvalue weighted by Gasteiger charge is 2.77. The van der Waals surface area contributed by atoms with Gasteiger partial charge in [-0.25, -0.2) is 0 Å². The van der Waals surface area contributed by atoms with Crippen LogP contribution in [0.3, 0.4) is 0 Å². The highest BCUT2D eigenvalue weighted by molar-refractivity contribution is 6.18. The van der Waals surface area contributed by atoms with Crippen molar-refractivity contribution in [2.45, 2.75) is 98.7 Å². The average Bonchev–Trinajstić information content (AvgIpc) is 3.25. The zero-order chi connectivity index (χ0) is 27.5. The summed E-state index contributed by atoms with van der Waals surface area (Å²) in [7, 11) is 0. The largest absolute Gasteiger partial charge is 0.459 e. The first-order chi connectivity index (χ1) is 17.0. The van der Waals surface area contributed by atoms with Crippen LogP contribution in [0.25, 0.3) is 0 Å². The SMILES string of the molecule is CC(=O)O[C@@H]1C(=O)C2=C(C(=O)C[C@H]3C(C)(C)C(=O)CC[C@]23C)[C@]2(C)C(=O)C[C@H]([C@]3(C)CCC(=O)O3)[C@@]12C. The number of fused-ring (bicyclic) bond motifs is 4. The van der Waals surface area contributed by atoms with Gasteiger partial charge in [0.1, 0.15) is 17.2 Å². The molecular formula is C29H36O8. The van der Waals surface area contributed by atoms with Crippen molar-refractivity contribution in [3.05, 3.63) is 11.1 Å². The molecule has 4 aliphatic carbocycles. The second-order valence-corrected chi connectivity index (χ2v) is 13.2. The third-order valence-electron chi connectivity index (χ3n) is 11.2. The van der Waals surface area contributed by atoms with E-state index >= 15 is 0 Å². The Morgan fingerprint density at radius 1 is 0.838 bits per heavy atom. The number of Topliss-reactive ketones (excluding diaryl/α,β-unsaturated/α-hetero) is 4. The van der Waals surface area contributed by atoms with Crippen LogP contribution in [-0.2, 0) is 38.2 Å². The molecule has 200 valence electrons. The Balaban J connectivity index is 1.80. The summed E-state index contributed by atoms with van der Waals surface area (Å²) in [6.45, 7) is 12.0. The summed E-state index contributed by atoms with van der Waals surface area (Å²) in [4.78, 5) is 80.1. The lowest BCUT2D eigenvalue weighted by molar-refractivity contribution is -0.185. The molecule has 0 aromatic heterocycles. The van der Waals surface area contributed by atoms with Gasteiger partial charge in [-0.1, -0.05) is 27.7 Å². The van der Waals surface area contributed by atoms with E-state index in [0.29, 0.717) is 12.8 Å². The molecule has 1 aliphatic heterocycles. The van der Waals surface area contributed by atoms with Crippen LogP contribution in [0, 0.1) is 33.5 Å². The molecular weight excluding hydrogens is 476 g/mol. The summed E-state index contributed by atoms with van der Waals surface area (Å²) in [6, 6.07) is 0. The first-order valence-electron chi connectivity index (χ1n) is 13.2. The minimum absolute atomic E-state index is 0.00396. The molecule has 0 amide bonds. The molecule has 0 unspecified atom stereocenters. The Hall–Kier alpha value is -2.64. The van der Waals surface area contributed by atoms with Crippen molar-refractivity contribution in [3.63, 3.8) is 0 Å². The lowest BCUT2D eigenvalue weighted by atomic mass is 9.42. The Labute approximate surface area is 216 Å². The Kier molecular flexibility index (Phi) is 5.25. The van der Waals surface area contributed by atoms with Crippen molar-refractivity contribution in [3.8, 4) is 0 Å². The second-order valence-electron chi connectivity index (χ2n) is 13.2. The van der Waals surface area contributed by atoms with E-state index in [0.717, 1.165) is 0 Å². The smallest absolute Gasteiger partial charge is 0.306 e. The van der Waals surface area contributed by atoms with Gasteiger partial charge in [-0.05, 0) is 32.6 Å². The molecule has 0 aromatic rings. The van der Waals surface area contributed by atoms with Crippen molar-refractivity contribution < 1.29 is 38.2 Å². The first-order valence-corrected chi connectivity index (χ1v) is 13.2. The van der Waals surface area contributed by atoms with Crippen LogP contribution in [0.1, 0.15) is 87.0 Å². The van der Waals surface area contributed by atoms with Gasteiger partial charge in [0.2, 0.25) is 5.78 Å². The fourth-order valence-electron chi connectivity index (χ4n) is 8.94. The van der Waals surface area contributed by atoms with Gasteiger partial charge in [0.25, 0.3) is 0 Å². The summed E-state index contributed by atoms with van der Waals surface area (Å²) in [5.74, 6) is -3.03. The van der Waals surface area contributed by atoms with Gasteiger partial charge < -0.3 is 9.47 Å². The van der Waals surface area contributed by atoms with Gasteiger partial charge >= 0.3 is 11.9 Å². The van der Waals surface area contributed by atoms with Crippen LogP contribution in [0.4, 0.5) is 0 Å². The molecule has 0 N–H and O–H groups in total. The number of cyclic esters (lactones) is 1. The highest BCUT2D eigenvalue weighted by atomic mass is 16.6. The topological polar surface area (TPSA) is 121 Å². The molecule has 0 bridgehead atoms. The van der Waals surface area contributed by atoms with Crippen molar-refractivity contribution in [1.82, 2.24) is 0 Å². The maximum atomic E-state index is 14.5.